The molecule has 0 aromatic rings. The molecule has 17 heavy (non-hydrogen) atoms. The molecule has 0 bridgehead atoms. The molecule has 0 fully saturated rings. The highest BCUT2D eigenvalue weighted by atomic mass is 19.4. The molecule has 0 aromatic carbocycles. The van der Waals surface area contributed by atoms with Gasteiger partial charge in [-0.2, -0.15) is 13.2 Å². The molecule has 0 aliphatic carbocycles. The Kier molecular flexibility index (Phi) is 4.94. The molecule has 0 saturated carbocycles. The Bertz CT molecular complexity index is 302. The zero-order valence-electron chi connectivity index (χ0n) is 9.47. The van der Waals surface area contributed by atoms with Gasteiger partial charge >= 0.3 is 12.1 Å². The zero-order chi connectivity index (χ0) is 13.9. The number of carboxylic acids is 1. The number of carboxylic acid groups (broad SMARTS) is 1. The number of nitrogens with one attached hydrogen (secondary N) is 1. The normalized spacial score (nSPS) is 17.1. The number of hydrogen-bond donors (Lipinski definition) is 3. The predicted octanol–water partition coefficient (Wildman–Crippen LogP) is 0.493. The summed E-state index contributed by atoms with van der Waals surface area (Å²) in [5, 5.41) is 10.1. The first-order chi connectivity index (χ1) is 7.60. The first-order valence-electron chi connectivity index (χ1n) is 4.92. The van der Waals surface area contributed by atoms with E-state index < -0.39 is 29.5 Å². The van der Waals surface area contributed by atoms with Gasteiger partial charge in [0.15, 0.2) is 0 Å². The number of nitrogens with two attached hydrogens (primary N) is 1. The summed E-state index contributed by atoms with van der Waals surface area (Å²) in [6, 6.07) is 0. The Labute approximate surface area is 96.2 Å². The minimum Gasteiger partial charge on any atom is -0.479 e. The summed E-state index contributed by atoms with van der Waals surface area (Å²) in [6.45, 7) is 1.83. The maximum Gasteiger partial charge on any atom is 0.422 e. The monoisotopic (exact) mass is 256 g/mol. The minimum atomic E-state index is -5.08. The van der Waals surface area contributed by atoms with E-state index in [1.54, 1.807) is 6.92 Å². The van der Waals surface area contributed by atoms with Gasteiger partial charge in [-0.25, -0.2) is 4.79 Å². The Morgan fingerprint density at radius 3 is 2.12 bits per heavy atom. The Balaban J connectivity index is 5.04. The van der Waals surface area contributed by atoms with E-state index >= 15 is 0 Å². The third-order valence-corrected chi connectivity index (χ3v) is 2.52. The van der Waals surface area contributed by atoms with Gasteiger partial charge < -0.3 is 16.2 Å². The number of alkyl halides is 3. The number of hydrogen-bond acceptors (Lipinski definition) is 3. The van der Waals surface area contributed by atoms with Gasteiger partial charge in [-0.3, -0.25) is 4.79 Å². The van der Waals surface area contributed by atoms with Gasteiger partial charge in [-0.05, 0) is 13.3 Å². The molecule has 2 atom stereocenters. The third kappa shape index (κ3) is 3.32. The molecule has 1 amide bonds. The van der Waals surface area contributed by atoms with E-state index in [2.05, 4.69) is 0 Å². The van der Waals surface area contributed by atoms with Crippen LogP contribution in [0.3, 0.4) is 0 Å². The molecule has 0 rings (SSSR count). The lowest BCUT2D eigenvalue weighted by molar-refractivity contribution is -0.207. The largest absolute Gasteiger partial charge is 0.479 e. The lowest BCUT2D eigenvalue weighted by atomic mass is 9.99. The summed E-state index contributed by atoms with van der Waals surface area (Å²) in [5.74, 6) is -4.02. The van der Waals surface area contributed by atoms with E-state index in [0.717, 1.165) is 0 Å². The second-order valence-corrected chi connectivity index (χ2v) is 3.76. The third-order valence-electron chi connectivity index (χ3n) is 2.52. The predicted molar refractivity (Wildman–Crippen MR) is 53.1 cm³/mol. The molecular formula is C9H15F3N2O3. The number of rotatable bonds is 5. The topological polar surface area (TPSA) is 92.4 Å². The molecule has 0 spiro atoms. The van der Waals surface area contributed by atoms with E-state index in [4.69, 9.17) is 10.8 Å². The smallest absolute Gasteiger partial charge is 0.422 e. The van der Waals surface area contributed by atoms with Gasteiger partial charge in [0.05, 0.1) is 0 Å². The van der Waals surface area contributed by atoms with Crippen molar-refractivity contribution in [3.05, 3.63) is 0 Å². The molecule has 2 unspecified atom stereocenters. The van der Waals surface area contributed by atoms with Crippen LogP contribution in [0.2, 0.25) is 0 Å². The van der Waals surface area contributed by atoms with E-state index in [-0.39, 0.29) is 13.0 Å². The quantitative estimate of drug-likeness (QED) is 0.667. The Hall–Kier alpha value is -1.31. The summed E-state index contributed by atoms with van der Waals surface area (Å²) >= 11 is 0. The average Bonchev–Trinajstić information content (AvgIpc) is 2.17. The molecular weight excluding hydrogens is 241 g/mol. The molecule has 8 heteroatoms. The summed E-state index contributed by atoms with van der Waals surface area (Å²) in [7, 11) is 0. The van der Waals surface area contributed by atoms with Crippen LogP contribution in [-0.2, 0) is 9.59 Å². The highest BCUT2D eigenvalue weighted by Gasteiger charge is 2.58. The van der Waals surface area contributed by atoms with Crippen LogP contribution in [0.4, 0.5) is 13.2 Å². The molecule has 0 aromatic heterocycles. The van der Waals surface area contributed by atoms with E-state index in [1.807, 2.05) is 0 Å². The lowest BCUT2D eigenvalue weighted by Crippen LogP contribution is -2.63. The summed E-state index contributed by atoms with van der Waals surface area (Å²) < 4.78 is 37.7. The van der Waals surface area contributed by atoms with Gasteiger partial charge in [0.2, 0.25) is 11.4 Å². The van der Waals surface area contributed by atoms with Crippen LogP contribution in [0.5, 0.6) is 0 Å². The maximum absolute atomic E-state index is 12.6. The standard InChI is InChI=1S/C9H15F3N2O3/c1-3-5(4-13)6(15)14-8(2,7(16)17)9(10,11)12/h5H,3-4,13H2,1-2H3,(H,14,15)(H,16,17). The second kappa shape index (κ2) is 5.35. The highest BCUT2D eigenvalue weighted by Crippen LogP contribution is 2.30. The van der Waals surface area contributed by atoms with Crippen molar-refractivity contribution >= 4 is 11.9 Å². The number of carbonyl (C=O) groups excluding carboxylic acids is 1. The molecule has 0 radical (unpaired) electrons. The first-order valence-corrected chi connectivity index (χ1v) is 4.92. The first kappa shape index (κ1) is 15.7. The van der Waals surface area contributed by atoms with Crippen molar-refractivity contribution in [2.75, 3.05) is 6.54 Å². The van der Waals surface area contributed by atoms with Crippen molar-refractivity contribution in [1.82, 2.24) is 5.32 Å². The van der Waals surface area contributed by atoms with Crippen molar-refractivity contribution in [3.63, 3.8) is 0 Å². The Morgan fingerprint density at radius 1 is 1.41 bits per heavy atom. The molecule has 5 nitrogen and oxygen atoms in total. The Morgan fingerprint density at radius 2 is 1.88 bits per heavy atom. The van der Waals surface area contributed by atoms with Crippen LogP contribution >= 0.6 is 0 Å². The van der Waals surface area contributed by atoms with Gasteiger partial charge in [0.1, 0.15) is 0 Å². The minimum absolute atomic E-state index is 0.143. The average molecular weight is 256 g/mol. The van der Waals surface area contributed by atoms with Crippen molar-refractivity contribution < 1.29 is 27.9 Å². The van der Waals surface area contributed by atoms with Gasteiger partial charge in [-0.1, -0.05) is 6.92 Å². The number of aliphatic carboxylic acids is 1. The van der Waals surface area contributed by atoms with Crippen LogP contribution < -0.4 is 11.1 Å². The van der Waals surface area contributed by atoms with Crippen molar-refractivity contribution in [3.8, 4) is 0 Å². The van der Waals surface area contributed by atoms with Crippen molar-refractivity contribution in [1.29, 1.82) is 0 Å². The molecule has 4 N–H and O–H groups in total. The lowest BCUT2D eigenvalue weighted by Gasteiger charge is -2.30. The van der Waals surface area contributed by atoms with Crippen LogP contribution in [0.1, 0.15) is 20.3 Å². The van der Waals surface area contributed by atoms with Gasteiger partial charge in [-0.15, -0.1) is 0 Å². The van der Waals surface area contributed by atoms with Crippen LogP contribution in [-0.4, -0.2) is 35.2 Å². The van der Waals surface area contributed by atoms with E-state index in [0.29, 0.717) is 6.92 Å². The van der Waals surface area contributed by atoms with Crippen LogP contribution in [0, 0.1) is 5.92 Å². The fraction of sp³-hybridized carbons (Fsp3) is 0.778. The zero-order valence-corrected chi connectivity index (χ0v) is 9.47. The van der Waals surface area contributed by atoms with E-state index in [1.165, 1.54) is 5.32 Å². The summed E-state index contributed by atoms with van der Waals surface area (Å²) in [5.41, 5.74) is 1.90. The van der Waals surface area contributed by atoms with Crippen LogP contribution in [0.15, 0.2) is 0 Å². The maximum atomic E-state index is 12.6. The van der Waals surface area contributed by atoms with Crippen LogP contribution in [0.25, 0.3) is 0 Å². The number of amides is 1. The molecule has 100 valence electrons. The van der Waals surface area contributed by atoms with Crippen molar-refractivity contribution in [2.45, 2.75) is 32.0 Å². The molecule has 0 aliphatic heterocycles. The summed E-state index contributed by atoms with van der Waals surface area (Å²) in [6.07, 6.45) is -4.85. The second-order valence-electron chi connectivity index (χ2n) is 3.76. The summed E-state index contributed by atoms with van der Waals surface area (Å²) in [4.78, 5) is 22.1. The fourth-order valence-corrected chi connectivity index (χ4v) is 1.05. The molecule has 0 aliphatic rings. The number of carbonyl (C=O) groups is 2. The molecule has 0 saturated heterocycles. The van der Waals surface area contributed by atoms with E-state index in [9.17, 15) is 22.8 Å². The van der Waals surface area contributed by atoms with Crippen molar-refractivity contribution in [2.24, 2.45) is 11.7 Å². The number of halogens is 3. The van der Waals surface area contributed by atoms with Gasteiger partial charge in [0.25, 0.3) is 0 Å². The SMILES string of the molecule is CCC(CN)C(=O)NC(C)(C(=O)O)C(F)(F)F. The molecule has 0 heterocycles. The fourth-order valence-electron chi connectivity index (χ4n) is 1.05. The van der Waals surface area contributed by atoms with Gasteiger partial charge in [0, 0.05) is 12.5 Å². The highest BCUT2D eigenvalue weighted by molar-refractivity contribution is 5.88.